The number of likely N-dealkylation sites (tertiary alicyclic amines) is 1. The third-order valence-corrected chi connectivity index (χ3v) is 8.99. The highest BCUT2D eigenvalue weighted by molar-refractivity contribution is 7.22. The summed E-state index contributed by atoms with van der Waals surface area (Å²) < 4.78 is 48.3. The van der Waals surface area contributed by atoms with Crippen LogP contribution in [-0.4, -0.2) is 49.5 Å². The largest absolute Gasteiger partial charge is 0.437 e. The van der Waals surface area contributed by atoms with Crippen LogP contribution in [0.15, 0.2) is 48.8 Å². The van der Waals surface area contributed by atoms with Crippen LogP contribution in [0.1, 0.15) is 53.0 Å². The van der Waals surface area contributed by atoms with E-state index >= 15 is 0 Å². The summed E-state index contributed by atoms with van der Waals surface area (Å²) in [6.45, 7) is 9.32. The van der Waals surface area contributed by atoms with Crippen LogP contribution >= 0.6 is 11.3 Å². The summed E-state index contributed by atoms with van der Waals surface area (Å²) in [5.41, 5.74) is 0.165. The van der Waals surface area contributed by atoms with Crippen molar-refractivity contribution < 1.29 is 32.0 Å². The van der Waals surface area contributed by atoms with Crippen molar-refractivity contribution >= 4 is 44.3 Å². The van der Waals surface area contributed by atoms with Gasteiger partial charge in [0.15, 0.2) is 10.9 Å². The average molecular weight is 614 g/mol. The van der Waals surface area contributed by atoms with Gasteiger partial charge in [-0.2, -0.15) is 13.2 Å². The molecular formula is C30H32F3N6O3S+. The highest BCUT2D eigenvalue weighted by Crippen LogP contribution is 2.41. The molecule has 3 heterocycles. The van der Waals surface area contributed by atoms with Crippen molar-refractivity contribution in [3.63, 3.8) is 0 Å². The number of hydrogen-bond acceptors (Lipinski definition) is 7. The second kappa shape index (κ2) is 11.5. The molecule has 1 aliphatic heterocycles. The minimum absolute atomic E-state index is 0.00267. The second-order valence-corrected chi connectivity index (χ2v) is 12.1. The smallest absolute Gasteiger partial charge is 0.421 e. The first-order valence-electron chi connectivity index (χ1n) is 13.9. The minimum Gasteiger partial charge on any atom is -0.437 e. The Morgan fingerprint density at radius 2 is 1.77 bits per heavy atom. The number of carbonyl (C=O) groups is 2. The molecule has 2 unspecified atom stereocenters. The van der Waals surface area contributed by atoms with Crippen molar-refractivity contribution in [2.24, 2.45) is 0 Å². The number of para-hydroxylation sites is 1. The molecule has 9 nitrogen and oxygen atoms in total. The lowest BCUT2D eigenvalue weighted by Crippen LogP contribution is -2.64. The molecule has 2 aromatic carbocycles. The Labute approximate surface area is 250 Å². The molecule has 0 radical (unpaired) electrons. The Kier molecular flexibility index (Phi) is 8.14. The number of hydrogen-bond donors (Lipinski definition) is 2. The van der Waals surface area contributed by atoms with Crippen LogP contribution in [0, 0.1) is 0 Å². The van der Waals surface area contributed by atoms with Crippen molar-refractivity contribution in [2.45, 2.75) is 71.8 Å². The minimum atomic E-state index is -4.61. The third kappa shape index (κ3) is 5.78. The number of thiazole rings is 1. The van der Waals surface area contributed by atoms with Crippen LogP contribution in [0.2, 0.25) is 0 Å². The van der Waals surface area contributed by atoms with Crippen molar-refractivity contribution in [3.05, 3.63) is 54.4 Å². The SMILES string of the molecule is CC(=O)Nc1nc2c(Oc3cc(-c4ccc(C(F)(F)F)cc4NC(=O)[N+]4(C(C)C)C(C)CC[C@@H]4C)ncn3)cccc2s1. The Hall–Kier alpha value is -4.10. The van der Waals surface area contributed by atoms with Gasteiger partial charge in [-0.05, 0) is 52.0 Å². The Balaban J connectivity index is 1.52. The molecular weight excluding hydrogens is 581 g/mol. The highest BCUT2D eigenvalue weighted by Gasteiger charge is 2.53. The fourth-order valence-electron chi connectivity index (χ4n) is 6.12. The Morgan fingerprint density at radius 1 is 1.05 bits per heavy atom. The maximum Gasteiger partial charge on any atom is 0.421 e. The van der Waals surface area contributed by atoms with Crippen molar-refractivity contribution in [2.75, 3.05) is 10.6 Å². The number of rotatable bonds is 6. The maximum absolute atomic E-state index is 13.9. The van der Waals surface area contributed by atoms with Gasteiger partial charge in [-0.15, -0.1) is 0 Å². The van der Waals surface area contributed by atoms with Gasteiger partial charge < -0.3 is 10.1 Å². The standard InChI is InChI=1S/C30H31F3N6O3S/c1-16(2)39(17(3)9-10-18(39)4)29(41)37-23-13-20(30(31,32)33)11-12-21(23)22-14-26(35-15-34-22)42-24-7-6-8-25-27(24)38-28(43-25)36-19(5)40/h6-8,11-18H,9-10H2,1-5H3,(H-,34,35,36,37,38,40,41)/p+1/t17-,18?,39?/m0/s1. The zero-order valence-corrected chi connectivity index (χ0v) is 25.1. The molecule has 0 bridgehead atoms. The molecule has 2 N–H and O–H groups in total. The van der Waals surface area contributed by atoms with Gasteiger partial charge in [-0.1, -0.05) is 23.5 Å². The van der Waals surface area contributed by atoms with Crippen LogP contribution in [0.4, 0.5) is 28.8 Å². The number of carbonyl (C=O) groups excluding carboxylic acids is 2. The van der Waals surface area contributed by atoms with Crippen molar-refractivity contribution in [1.82, 2.24) is 15.0 Å². The number of ether oxygens (including phenoxy) is 1. The van der Waals surface area contributed by atoms with E-state index in [4.69, 9.17) is 4.74 Å². The number of fused-ring (bicyclic) bond motifs is 1. The topological polar surface area (TPSA) is 106 Å². The van der Waals surface area contributed by atoms with Crippen molar-refractivity contribution in [1.29, 1.82) is 0 Å². The molecule has 13 heteroatoms. The first-order valence-corrected chi connectivity index (χ1v) is 14.7. The normalized spacial score (nSPS) is 20.4. The summed E-state index contributed by atoms with van der Waals surface area (Å²) >= 11 is 1.28. The lowest BCUT2D eigenvalue weighted by molar-refractivity contribution is -0.900. The van der Waals surface area contributed by atoms with Crippen LogP contribution in [0.3, 0.4) is 0 Å². The molecule has 0 spiro atoms. The van der Waals surface area contributed by atoms with E-state index in [1.54, 1.807) is 12.1 Å². The molecule has 5 rings (SSSR count). The number of halogens is 3. The number of nitrogens with zero attached hydrogens (tertiary/aromatic N) is 4. The van der Waals surface area contributed by atoms with Crippen LogP contribution in [0.5, 0.6) is 11.6 Å². The van der Waals surface area contributed by atoms with Gasteiger partial charge in [0.2, 0.25) is 11.8 Å². The molecule has 1 fully saturated rings. The molecule has 3 atom stereocenters. The zero-order chi connectivity index (χ0) is 31.1. The monoisotopic (exact) mass is 613 g/mol. The summed E-state index contributed by atoms with van der Waals surface area (Å²) in [6, 6.07) is 9.55. The molecule has 0 saturated carbocycles. The Bertz CT molecular complexity index is 1680. The van der Waals surface area contributed by atoms with Crippen LogP contribution in [0.25, 0.3) is 21.5 Å². The van der Waals surface area contributed by atoms with Gasteiger partial charge in [0.1, 0.15) is 11.8 Å². The van der Waals surface area contributed by atoms with E-state index in [1.165, 1.54) is 36.7 Å². The van der Waals surface area contributed by atoms with Crippen molar-refractivity contribution in [3.8, 4) is 22.9 Å². The predicted octanol–water partition coefficient (Wildman–Crippen LogP) is 7.85. The first kappa shape index (κ1) is 30.4. The van der Waals surface area contributed by atoms with Crippen LogP contribution < -0.4 is 15.4 Å². The van der Waals surface area contributed by atoms with Gasteiger partial charge >= 0.3 is 12.2 Å². The number of benzene rings is 2. The molecule has 1 saturated heterocycles. The summed E-state index contributed by atoms with van der Waals surface area (Å²) in [4.78, 5) is 38.3. The zero-order valence-electron chi connectivity index (χ0n) is 24.3. The lowest BCUT2D eigenvalue weighted by atomic mass is 10.0. The number of aromatic nitrogens is 3. The molecule has 226 valence electrons. The van der Waals surface area contributed by atoms with E-state index in [2.05, 4.69) is 25.6 Å². The lowest BCUT2D eigenvalue weighted by Gasteiger charge is -2.43. The van der Waals surface area contributed by atoms with E-state index in [1.807, 2.05) is 33.8 Å². The number of anilines is 2. The number of urea groups is 1. The summed E-state index contributed by atoms with van der Waals surface area (Å²) in [5.74, 6) is 0.240. The van der Waals surface area contributed by atoms with Gasteiger partial charge in [-0.3, -0.25) is 10.1 Å². The van der Waals surface area contributed by atoms with Gasteiger partial charge in [0.05, 0.1) is 39.8 Å². The van der Waals surface area contributed by atoms with E-state index < -0.39 is 11.7 Å². The molecule has 43 heavy (non-hydrogen) atoms. The highest BCUT2D eigenvalue weighted by atomic mass is 32.1. The molecule has 4 aromatic rings. The average Bonchev–Trinajstić information content (AvgIpc) is 3.48. The van der Waals surface area contributed by atoms with Crippen LogP contribution in [-0.2, 0) is 11.0 Å². The number of amides is 3. The third-order valence-electron chi connectivity index (χ3n) is 8.05. The maximum atomic E-state index is 13.9. The quantitative estimate of drug-likeness (QED) is 0.215. The Morgan fingerprint density at radius 3 is 2.42 bits per heavy atom. The molecule has 3 amide bonds. The van der Waals surface area contributed by atoms with Gasteiger partial charge in [0, 0.05) is 31.4 Å². The first-order chi connectivity index (χ1) is 20.3. The molecule has 2 aromatic heterocycles. The van der Waals surface area contributed by atoms with E-state index in [9.17, 15) is 22.8 Å². The predicted molar refractivity (Wildman–Crippen MR) is 159 cm³/mol. The number of quaternary nitrogens is 1. The summed E-state index contributed by atoms with van der Waals surface area (Å²) in [7, 11) is 0. The fraction of sp³-hybridized carbons (Fsp3) is 0.367. The van der Waals surface area contributed by atoms with Gasteiger partial charge in [0.25, 0.3) is 0 Å². The number of alkyl halides is 3. The molecule has 0 aliphatic carbocycles. The van der Waals surface area contributed by atoms with E-state index in [-0.39, 0.29) is 57.4 Å². The number of nitrogens with one attached hydrogen (secondary N) is 2. The van der Waals surface area contributed by atoms with E-state index in [0.717, 1.165) is 29.7 Å². The van der Waals surface area contributed by atoms with Gasteiger partial charge in [-0.25, -0.2) is 24.2 Å². The van der Waals surface area contributed by atoms with E-state index in [0.29, 0.717) is 16.4 Å². The summed E-state index contributed by atoms with van der Waals surface area (Å²) in [5, 5.41) is 5.92. The summed E-state index contributed by atoms with van der Waals surface area (Å²) in [6.07, 6.45) is -1.69. The molecule has 1 aliphatic rings. The fourth-order valence-corrected chi connectivity index (χ4v) is 7.05. The second-order valence-electron chi connectivity index (χ2n) is 11.0.